The van der Waals surface area contributed by atoms with Gasteiger partial charge in [-0.25, -0.2) is 29.9 Å². The predicted molar refractivity (Wildman–Crippen MR) is 496 cm³/mol. The number of carbonyl (C=O) groups is 7. The third-order valence-electron chi connectivity index (χ3n) is 19.4. The fraction of sp³-hybridized carbons (Fsp3) is 0.301. The first kappa shape index (κ1) is 96.9. The zero-order valence-electron chi connectivity index (χ0n) is 75.4. The van der Waals surface area contributed by atoms with Crippen molar-refractivity contribution >= 4 is 97.5 Å². The molecule has 0 atom stereocenters. The van der Waals surface area contributed by atoms with Gasteiger partial charge < -0.3 is 0 Å². The molecule has 0 aliphatic rings. The molecule has 18 nitrogen and oxygen atoms in total. The van der Waals surface area contributed by atoms with Gasteiger partial charge in [0.2, 0.25) is 0 Å². The van der Waals surface area contributed by atoms with Crippen LogP contribution in [-0.2, 0) is 18.3 Å². The summed E-state index contributed by atoms with van der Waals surface area (Å²) in [5.41, 5.74) is 27.8. The number of nitrogens with zero attached hydrogens (tertiary/aromatic N) is 11. The van der Waals surface area contributed by atoms with E-state index in [1.807, 2.05) is 146 Å². The average molecular weight is 1620 g/mol. The second kappa shape index (κ2) is 45.8. The summed E-state index contributed by atoms with van der Waals surface area (Å²) in [6, 6.07) is 63.3. The summed E-state index contributed by atoms with van der Waals surface area (Å²) in [5.74, 6) is 0.367. The molecule has 18 heteroatoms. The molecule has 0 unspecified atom stereocenters. The van der Waals surface area contributed by atoms with Crippen molar-refractivity contribution in [2.45, 2.75) is 210 Å². The second-order valence-electron chi connectivity index (χ2n) is 31.3. The molecule has 6 heterocycles. The monoisotopic (exact) mass is 1620 g/mol. The van der Waals surface area contributed by atoms with E-state index in [0.29, 0.717) is 51.7 Å². The Balaban J connectivity index is 0.000000227. The van der Waals surface area contributed by atoms with Crippen molar-refractivity contribution in [1.82, 2.24) is 29.9 Å². The highest BCUT2D eigenvalue weighted by Crippen LogP contribution is 2.37. The molecule has 0 fully saturated rings. The molecule has 0 radical (unpaired) electrons. The third-order valence-corrected chi connectivity index (χ3v) is 19.4. The molecule has 626 valence electrons. The van der Waals surface area contributed by atoms with Gasteiger partial charge in [0.25, 0.3) is 0 Å². The number of benzene rings is 5. The van der Waals surface area contributed by atoms with Crippen molar-refractivity contribution in [2.75, 3.05) is 0 Å². The number of aromatic nitrogens is 6. The topological polar surface area (TPSA) is 259 Å². The molecule has 0 spiro atoms. The number of hydrogen-bond donors (Lipinski definition) is 0. The maximum absolute atomic E-state index is 11.6. The van der Waals surface area contributed by atoms with Crippen molar-refractivity contribution in [2.24, 2.45) is 25.0 Å². The Kier molecular flexibility index (Phi) is 36.7. The molecular weight excluding hydrogens is 1500 g/mol. The highest BCUT2D eigenvalue weighted by Gasteiger charge is 2.20. The van der Waals surface area contributed by atoms with Crippen LogP contribution in [0.1, 0.15) is 315 Å². The molecule has 0 bridgehead atoms. The lowest BCUT2D eigenvalue weighted by Crippen LogP contribution is -2.11. The number of ketones is 7. The Morgan fingerprint density at radius 3 is 0.810 bits per heavy atom. The molecule has 0 amide bonds. The van der Waals surface area contributed by atoms with Crippen LogP contribution in [0.3, 0.4) is 0 Å². The summed E-state index contributed by atoms with van der Waals surface area (Å²) in [6.45, 7) is 49.9. The van der Waals surface area contributed by atoms with E-state index in [9.17, 15) is 33.6 Å². The summed E-state index contributed by atoms with van der Waals surface area (Å²) in [6.07, 6.45) is 1.89. The highest BCUT2D eigenvalue weighted by atomic mass is 16.1. The van der Waals surface area contributed by atoms with Crippen molar-refractivity contribution in [1.29, 1.82) is 0 Å². The van der Waals surface area contributed by atoms with E-state index >= 15 is 0 Å². The summed E-state index contributed by atoms with van der Waals surface area (Å²) in [7, 11) is 0. The fourth-order valence-corrected chi connectivity index (χ4v) is 12.7. The molecule has 0 saturated carbocycles. The largest absolute Gasteiger partial charge is 0.293 e. The van der Waals surface area contributed by atoms with Gasteiger partial charge in [-0.05, 0) is 228 Å². The van der Waals surface area contributed by atoms with Crippen LogP contribution in [0.15, 0.2) is 225 Å². The molecular formula is C103H117N11O7. The van der Waals surface area contributed by atoms with Gasteiger partial charge in [0, 0.05) is 48.5 Å². The Morgan fingerprint density at radius 1 is 0.281 bits per heavy atom. The zero-order valence-corrected chi connectivity index (χ0v) is 75.4. The maximum atomic E-state index is 11.6. The van der Waals surface area contributed by atoms with Crippen molar-refractivity contribution in [3.05, 3.63) is 324 Å². The molecule has 0 saturated heterocycles. The summed E-state index contributed by atoms with van der Waals surface area (Å²) in [5, 5.41) is 0. The lowest BCUT2D eigenvalue weighted by Gasteiger charge is -2.21. The first-order valence-electron chi connectivity index (χ1n) is 40.8. The smallest absolute Gasteiger partial charge is 0.178 e. The van der Waals surface area contributed by atoms with Gasteiger partial charge in [-0.15, -0.1) is 0 Å². The van der Waals surface area contributed by atoms with Crippen molar-refractivity contribution < 1.29 is 33.6 Å². The number of aryl methyl sites for hydroxylation is 7. The summed E-state index contributed by atoms with van der Waals surface area (Å²) in [4.78, 5) is 129. The Hall–Kier alpha value is -13.0. The first-order chi connectivity index (χ1) is 57.1. The van der Waals surface area contributed by atoms with E-state index in [-0.39, 0.29) is 45.9 Å². The van der Waals surface area contributed by atoms with Gasteiger partial charge in [-0.1, -0.05) is 189 Å². The maximum Gasteiger partial charge on any atom is 0.178 e. The van der Waals surface area contributed by atoms with E-state index in [0.717, 1.165) is 121 Å². The van der Waals surface area contributed by atoms with Gasteiger partial charge in [0.1, 0.15) is 39.9 Å². The van der Waals surface area contributed by atoms with Gasteiger partial charge >= 0.3 is 0 Å². The molecule has 5 aromatic carbocycles. The van der Waals surface area contributed by atoms with Crippen LogP contribution >= 0.6 is 0 Å². The summed E-state index contributed by atoms with van der Waals surface area (Å²) < 4.78 is 0. The molecule has 11 aromatic rings. The minimum atomic E-state index is -0.127. The summed E-state index contributed by atoms with van der Waals surface area (Å²) >= 11 is 0. The minimum absolute atomic E-state index is 0.0229. The van der Waals surface area contributed by atoms with Crippen molar-refractivity contribution in [3.8, 4) is 0 Å². The molecule has 0 aliphatic carbocycles. The molecule has 11 rings (SSSR count). The number of Topliss-reactive ketones (excluding diaryl/α,β-unsaturated/α-hetero) is 7. The van der Waals surface area contributed by atoms with Crippen LogP contribution in [0.25, 0.3) is 0 Å². The lowest BCUT2D eigenvalue weighted by molar-refractivity contribution is 0.0992. The highest BCUT2D eigenvalue weighted by molar-refractivity contribution is 6.05. The quantitative estimate of drug-likeness (QED) is 0.0479. The number of hydrogen-bond acceptors (Lipinski definition) is 18. The number of aliphatic imine (C=N–C) groups is 5. The normalized spacial score (nSPS) is 11.6. The van der Waals surface area contributed by atoms with Crippen LogP contribution < -0.4 is 0 Å². The van der Waals surface area contributed by atoms with Crippen LogP contribution in [0, 0.1) is 34.6 Å². The van der Waals surface area contributed by atoms with Crippen LogP contribution in [0.2, 0.25) is 0 Å². The predicted octanol–water partition coefficient (Wildman–Crippen LogP) is 24.8. The SMILES string of the molecule is CC(=O)c1cccc(C(C)=Nc2c(C(C)C)cccc2C(C)C)n1.CC(=O)c1cccc(C(C)=Nc2c(C)cc(C)cc2C)n1.CC(=O)c1cccc(C(C)=Nc2c(C)cccc2C)n1.CC(=O)c1cccc(C(C)=Nc2ccccc2C(C)(C)C)n1.CC(=O)c1cccc(C(C)=O)n1.CCc1cccc(CC)c1N=C(C)c1cccc(C(C)=O)n1. The van der Waals surface area contributed by atoms with Gasteiger partial charge in [0.15, 0.2) is 40.5 Å². The van der Waals surface area contributed by atoms with Crippen LogP contribution in [0.4, 0.5) is 28.4 Å². The van der Waals surface area contributed by atoms with Gasteiger partial charge in [-0.2, -0.15) is 0 Å². The molecule has 121 heavy (non-hydrogen) atoms. The van der Waals surface area contributed by atoms with E-state index in [1.54, 1.807) is 48.5 Å². The standard InChI is InChI=1S/C21H26N2O.2C19H22N2O.C18H20N2O.C17H18N2O.C9H9NO2/c1-13(2)17-9-7-10-18(14(3)4)21(17)22-15(5)19-11-8-12-20(23-19)16(6)24;1-13(16-11-8-12-17(21-16)14(2)22)20-18-10-7-6-9-15(18)19(3,4)5;1-5-15-9-7-10-16(6-2)19(15)20-13(3)17-11-8-12-18(21-17)14(4)22;1-11-9-12(2)18(13(3)10-11)19-14(4)16-7-6-8-17(20-16)15(5)21;1-11-7-5-8-12(2)17(11)18-13(3)15-9-6-10-16(19-15)14(4)20;1-6(11)8-4-3-5-9(10-8)7(2)12/h7-14H,1-6H3;6-12H,1-5H3;7-12H,5-6H2,1-4H3;6-10H,1-5H3;5-10H,1-4H3;3-5H,1-2H3. The number of para-hydroxylation sites is 4. The average Bonchev–Trinajstić information content (AvgIpc) is 0.818. The molecule has 0 N–H and O–H groups in total. The fourth-order valence-electron chi connectivity index (χ4n) is 12.7. The van der Waals surface area contributed by atoms with Crippen LogP contribution in [0.5, 0.6) is 0 Å². The number of carbonyl (C=O) groups excluding carboxylic acids is 7. The third kappa shape index (κ3) is 28.9. The molecule has 0 aliphatic heterocycles. The van der Waals surface area contributed by atoms with E-state index in [4.69, 9.17) is 20.0 Å². The number of rotatable bonds is 21. The number of pyridine rings is 6. The molecule has 6 aromatic heterocycles. The van der Waals surface area contributed by atoms with Gasteiger partial charge in [-0.3, -0.25) is 58.5 Å². The zero-order chi connectivity index (χ0) is 89.7. The lowest BCUT2D eigenvalue weighted by atomic mass is 9.86. The second-order valence-corrected chi connectivity index (χ2v) is 31.3. The van der Waals surface area contributed by atoms with E-state index in [2.05, 4.69) is 173 Å². The van der Waals surface area contributed by atoms with Gasteiger partial charge in [0.05, 0.1) is 85.5 Å². The van der Waals surface area contributed by atoms with Crippen LogP contribution in [-0.4, -0.2) is 98.9 Å². The van der Waals surface area contributed by atoms with E-state index in [1.165, 1.54) is 81.8 Å². The first-order valence-corrected chi connectivity index (χ1v) is 40.8. The van der Waals surface area contributed by atoms with E-state index < -0.39 is 0 Å². The van der Waals surface area contributed by atoms with Crippen molar-refractivity contribution in [3.63, 3.8) is 0 Å². The Morgan fingerprint density at radius 2 is 0.521 bits per heavy atom. The Bertz CT molecular complexity index is 5630. The minimum Gasteiger partial charge on any atom is -0.293 e. The Labute approximate surface area is 716 Å².